The molecule has 0 bridgehead atoms. The van der Waals surface area contributed by atoms with E-state index in [2.05, 4.69) is 31.4 Å². The van der Waals surface area contributed by atoms with E-state index in [1.54, 1.807) is 11.3 Å². The standard InChI is InChI=1S/C7H14.C5H6S.C2H6/c1-7-5-3-2-4-6-7;1-5-3-2-4-6-5;1-2/h7H,2-6H2,1H3;2-4H,1H3;1-2H3. The monoisotopic (exact) mass is 226 g/mol. The van der Waals surface area contributed by atoms with Gasteiger partial charge in [0, 0.05) is 4.88 Å². The lowest BCUT2D eigenvalue weighted by atomic mass is 9.91. The van der Waals surface area contributed by atoms with Gasteiger partial charge in [-0.3, -0.25) is 0 Å². The summed E-state index contributed by atoms with van der Waals surface area (Å²) < 4.78 is 0. The van der Waals surface area contributed by atoms with Crippen LogP contribution < -0.4 is 0 Å². The van der Waals surface area contributed by atoms with Crippen LogP contribution >= 0.6 is 11.3 Å². The molecule has 0 radical (unpaired) electrons. The Kier molecular flexibility index (Phi) is 10.0. The predicted molar refractivity (Wildman–Crippen MR) is 72.7 cm³/mol. The molecule has 1 aliphatic rings. The van der Waals surface area contributed by atoms with Crippen molar-refractivity contribution in [2.75, 3.05) is 0 Å². The molecule has 0 amide bonds. The number of hydrogen-bond donors (Lipinski definition) is 0. The van der Waals surface area contributed by atoms with Crippen LogP contribution in [0.5, 0.6) is 0 Å². The summed E-state index contributed by atoms with van der Waals surface area (Å²) in [6, 6.07) is 4.16. The Bertz CT molecular complexity index is 195. The van der Waals surface area contributed by atoms with Gasteiger partial charge in [0.1, 0.15) is 0 Å². The second-order valence-corrected chi connectivity index (χ2v) is 5.12. The maximum absolute atomic E-state index is 2.36. The van der Waals surface area contributed by atoms with Crippen LogP contribution in [-0.4, -0.2) is 0 Å². The minimum Gasteiger partial charge on any atom is -0.149 e. The molecule has 2 rings (SSSR count). The Morgan fingerprint density at radius 2 is 1.73 bits per heavy atom. The molecule has 0 aromatic carbocycles. The molecule has 0 nitrogen and oxygen atoms in total. The Labute approximate surface area is 99.7 Å². The lowest BCUT2D eigenvalue weighted by Crippen LogP contribution is -1.99. The maximum atomic E-state index is 2.36. The van der Waals surface area contributed by atoms with Gasteiger partial charge in [-0.2, -0.15) is 0 Å². The molecule has 1 aliphatic carbocycles. The third-order valence-corrected chi connectivity index (χ3v) is 3.36. The van der Waals surface area contributed by atoms with Crippen LogP contribution in [0.1, 0.15) is 57.8 Å². The third-order valence-electron chi connectivity index (χ3n) is 2.56. The van der Waals surface area contributed by atoms with E-state index in [4.69, 9.17) is 0 Å². The maximum Gasteiger partial charge on any atom is 0.00141 e. The van der Waals surface area contributed by atoms with E-state index < -0.39 is 0 Å². The van der Waals surface area contributed by atoms with E-state index in [0.29, 0.717) is 0 Å². The van der Waals surface area contributed by atoms with Gasteiger partial charge in [-0.15, -0.1) is 11.3 Å². The second kappa shape index (κ2) is 10.2. The molecular formula is C14H26S. The second-order valence-electron chi connectivity index (χ2n) is 3.97. The topological polar surface area (TPSA) is 0 Å². The Balaban J connectivity index is 0.000000227. The highest BCUT2D eigenvalue weighted by atomic mass is 32.1. The highest BCUT2D eigenvalue weighted by Crippen LogP contribution is 2.22. The molecule has 0 spiro atoms. The van der Waals surface area contributed by atoms with Gasteiger partial charge in [0.25, 0.3) is 0 Å². The predicted octanol–water partition coefficient (Wildman–Crippen LogP) is 5.67. The Morgan fingerprint density at radius 3 is 1.93 bits per heavy atom. The van der Waals surface area contributed by atoms with Crippen LogP contribution in [0.3, 0.4) is 0 Å². The van der Waals surface area contributed by atoms with E-state index in [0.717, 1.165) is 5.92 Å². The molecule has 1 aromatic rings. The molecule has 1 saturated carbocycles. The molecule has 1 heterocycles. The average molecular weight is 226 g/mol. The van der Waals surface area contributed by atoms with Crippen molar-refractivity contribution in [2.24, 2.45) is 5.92 Å². The zero-order valence-electron chi connectivity index (χ0n) is 10.8. The number of thiophene rings is 1. The van der Waals surface area contributed by atoms with Gasteiger partial charge in [-0.25, -0.2) is 0 Å². The van der Waals surface area contributed by atoms with E-state index in [-0.39, 0.29) is 0 Å². The summed E-state index contributed by atoms with van der Waals surface area (Å²) in [4.78, 5) is 1.38. The van der Waals surface area contributed by atoms with Crippen molar-refractivity contribution < 1.29 is 0 Å². The van der Waals surface area contributed by atoms with E-state index in [1.165, 1.54) is 37.0 Å². The van der Waals surface area contributed by atoms with E-state index in [9.17, 15) is 0 Å². The summed E-state index contributed by atoms with van der Waals surface area (Å²) in [5.41, 5.74) is 0. The van der Waals surface area contributed by atoms with Crippen LogP contribution in [0.25, 0.3) is 0 Å². The van der Waals surface area contributed by atoms with Gasteiger partial charge >= 0.3 is 0 Å². The lowest BCUT2D eigenvalue weighted by Gasteiger charge is -2.15. The average Bonchev–Trinajstić information content (AvgIpc) is 2.74. The van der Waals surface area contributed by atoms with Crippen molar-refractivity contribution in [3.05, 3.63) is 22.4 Å². The summed E-state index contributed by atoms with van der Waals surface area (Å²) in [6.45, 7) is 8.46. The number of rotatable bonds is 0. The fraction of sp³-hybridized carbons (Fsp3) is 0.714. The van der Waals surface area contributed by atoms with Crippen LogP contribution in [0.4, 0.5) is 0 Å². The molecule has 0 unspecified atom stereocenters. The summed E-state index contributed by atoms with van der Waals surface area (Å²) in [5, 5.41) is 2.08. The van der Waals surface area contributed by atoms with Crippen LogP contribution in [0.2, 0.25) is 0 Å². The molecule has 0 aliphatic heterocycles. The summed E-state index contributed by atoms with van der Waals surface area (Å²) >= 11 is 1.78. The zero-order valence-corrected chi connectivity index (χ0v) is 11.6. The SMILES string of the molecule is CC.CC1CCCCC1.Cc1cccs1. The molecular weight excluding hydrogens is 200 g/mol. The quantitative estimate of drug-likeness (QED) is 0.534. The summed E-state index contributed by atoms with van der Waals surface area (Å²) in [6.07, 6.45) is 7.44. The molecule has 1 aromatic heterocycles. The normalized spacial score (nSPS) is 15.7. The Hall–Kier alpha value is -0.300. The van der Waals surface area contributed by atoms with Gasteiger partial charge in [0.05, 0.1) is 0 Å². The first-order valence-corrected chi connectivity index (χ1v) is 7.17. The van der Waals surface area contributed by atoms with Gasteiger partial charge in [0.2, 0.25) is 0 Å². The number of aryl methyl sites for hydroxylation is 1. The van der Waals surface area contributed by atoms with Gasteiger partial charge in [-0.05, 0) is 24.3 Å². The largest absolute Gasteiger partial charge is 0.149 e. The zero-order chi connectivity index (χ0) is 11.5. The van der Waals surface area contributed by atoms with Crippen molar-refractivity contribution in [1.82, 2.24) is 0 Å². The number of hydrogen-bond acceptors (Lipinski definition) is 1. The van der Waals surface area contributed by atoms with E-state index in [1.807, 2.05) is 13.8 Å². The summed E-state index contributed by atoms with van der Waals surface area (Å²) in [7, 11) is 0. The minimum absolute atomic E-state index is 1.04. The smallest absolute Gasteiger partial charge is 0.00141 e. The van der Waals surface area contributed by atoms with Crippen molar-refractivity contribution in [1.29, 1.82) is 0 Å². The lowest BCUT2D eigenvalue weighted by molar-refractivity contribution is 0.385. The summed E-state index contributed by atoms with van der Waals surface area (Å²) in [5.74, 6) is 1.04. The molecule has 88 valence electrons. The third kappa shape index (κ3) is 8.68. The van der Waals surface area contributed by atoms with Gasteiger partial charge in [-0.1, -0.05) is 58.9 Å². The molecule has 1 fully saturated rings. The highest BCUT2D eigenvalue weighted by Gasteiger charge is 2.05. The van der Waals surface area contributed by atoms with Gasteiger partial charge < -0.3 is 0 Å². The highest BCUT2D eigenvalue weighted by molar-refractivity contribution is 7.09. The van der Waals surface area contributed by atoms with Crippen molar-refractivity contribution in [2.45, 2.75) is 59.8 Å². The van der Waals surface area contributed by atoms with Crippen molar-refractivity contribution >= 4 is 11.3 Å². The first-order chi connectivity index (χ1) is 7.29. The van der Waals surface area contributed by atoms with Crippen molar-refractivity contribution in [3.8, 4) is 0 Å². The molecule has 15 heavy (non-hydrogen) atoms. The minimum atomic E-state index is 1.04. The van der Waals surface area contributed by atoms with Gasteiger partial charge in [0.15, 0.2) is 0 Å². The van der Waals surface area contributed by atoms with Crippen LogP contribution in [0, 0.1) is 12.8 Å². The van der Waals surface area contributed by atoms with Crippen LogP contribution in [0.15, 0.2) is 17.5 Å². The van der Waals surface area contributed by atoms with E-state index >= 15 is 0 Å². The fourth-order valence-corrected chi connectivity index (χ4v) is 2.20. The molecule has 0 saturated heterocycles. The Morgan fingerprint density at radius 1 is 1.13 bits per heavy atom. The molecule has 1 heteroatoms. The molecule has 0 N–H and O–H groups in total. The first kappa shape index (κ1) is 14.7. The van der Waals surface area contributed by atoms with Crippen LogP contribution in [-0.2, 0) is 0 Å². The first-order valence-electron chi connectivity index (χ1n) is 6.29. The molecule has 0 atom stereocenters. The van der Waals surface area contributed by atoms with Crippen molar-refractivity contribution in [3.63, 3.8) is 0 Å². The fourth-order valence-electron chi connectivity index (χ4n) is 1.67.